The maximum Gasteiger partial charge on any atom is 0.305 e. The molecule has 10 unspecified atom stereocenters. The number of carbonyl (C=O) groups is 12. The summed E-state index contributed by atoms with van der Waals surface area (Å²) in [5.74, 6) is -11.5. The van der Waals surface area contributed by atoms with Gasteiger partial charge in [-0.3, -0.25) is 62.2 Å². The molecular weight excluding hydrogens is 1900 g/mol. The standard InChI is InChI=1S/C85H127FN18O23.C15H22N2O2/c1-10-60-45-65(127-29-14-13-27-104-51-64(98-103-104)53-126-43-42-125-41-40-124-39-38-123-37-36-122-35-34-121-33-32-120-31-30-119-28-15-16-55(2)3)23-24-66(60)61-21-19-59(20-22-61)44-56(4)91-77(112)69(47-73(109)110)92-78(113)70(52-105)93-79(114)74(57(5)106)96-83(118)85(9,48-62-17-11-12-18-67(62)86)97-80(115)75(58(6)107)95-72(108)50-89-76(111)68(46-71-99-101-102-100-71)94-82(117)84(7,8)81(116)88-26-25-63-49-87-54-90-63;1-10-7-11(2)9-13(8-10)5-4-6-14(15(16)19)17-12(3)18/h11-12,17-24,45,49,51,54-58,68-70,74-75,105-107H,10,13-16,25-44,46-48,50,52-53H2,1-9H3,(H,87,90)(H,88,116)(H,89,111)(H,91,112)(H,92,113)(H,93,114)(H,94,117)(H,95,108)(H,96,118)(H,97,115)(H,109,110)(H,99,100,101,102);7-9,14H,4-6H2,1-3H3,(H2,16,19)(H,17,18). The van der Waals surface area contributed by atoms with Crippen molar-refractivity contribution in [1.82, 2.24) is 98.8 Å². The van der Waals surface area contributed by atoms with E-state index in [1.54, 1.807) is 17.8 Å². The number of imidazole rings is 1. The fourth-order valence-electron chi connectivity index (χ4n) is 14.8. The average molecular weight is 2050 g/mol. The molecule has 3 aromatic heterocycles. The number of aryl methyl sites for hydroxylation is 5. The second kappa shape index (κ2) is 66.4. The molecular formula is C100H149FN20O25. The molecule has 0 aliphatic carbocycles. The number of rotatable bonds is 72. The van der Waals surface area contributed by atoms with E-state index in [0.29, 0.717) is 143 Å². The third kappa shape index (κ3) is 46.7. The van der Waals surface area contributed by atoms with E-state index in [9.17, 15) is 78.0 Å². The lowest BCUT2D eigenvalue weighted by molar-refractivity contribution is -0.143. The number of primary amides is 1. The molecule has 18 N–H and O–H groups in total. The van der Waals surface area contributed by atoms with E-state index in [-0.39, 0.29) is 30.3 Å². The lowest BCUT2D eigenvalue weighted by Crippen LogP contribution is -2.67. The van der Waals surface area contributed by atoms with Crippen molar-refractivity contribution in [2.24, 2.45) is 17.1 Å². The number of hydrogen-bond donors (Lipinski definition) is 17. The summed E-state index contributed by atoms with van der Waals surface area (Å²) in [6.07, 6.45) is 6.67. The Balaban J connectivity index is 0.00000153. The lowest BCUT2D eigenvalue weighted by Gasteiger charge is -2.34. The molecule has 4 aromatic carbocycles. The number of aromatic nitrogens is 9. The number of tetrazole rings is 1. The van der Waals surface area contributed by atoms with Gasteiger partial charge in [-0.1, -0.05) is 109 Å². The number of carboxylic acid groups (broad SMARTS) is 1. The third-order valence-corrected chi connectivity index (χ3v) is 22.7. The Labute approximate surface area is 849 Å². The van der Waals surface area contributed by atoms with Gasteiger partial charge in [0.2, 0.25) is 65.0 Å². The normalized spacial score (nSPS) is 13.7. The zero-order valence-corrected chi connectivity index (χ0v) is 85.6. The average Bonchev–Trinajstić information content (AvgIpc) is 0.967. The summed E-state index contributed by atoms with van der Waals surface area (Å²) in [5, 5.41) is 88.1. The predicted molar refractivity (Wildman–Crippen MR) is 531 cm³/mol. The molecule has 0 fully saturated rings. The molecule has 146 heavy (non-hydrogen) atoms. The smallest absolute Gasteiger partial charge is 0.305 e. The van der Waals surface area contributed by atoms with Crippen LogP contribution in [-0.4, -0.2) is 322 Å². The number of nitrogens with zero attached hydrogens (tertiary/aromatic N) is 7. The minimum Gasteiger partial charge on any atom is -0.494 e. The van der Waals surface area contributed by atoms with Crippen LogP contribution < -0.4 is 63.6 Å². The first-order valence-corrected chi connectivity index (χ1v) is 49.1. The number of nitrogens with one attached hydrogen (secondary N) is 12. The highest BCUT2D eigenvalue weighted by molar-refractivity contribution is 6.06. The van der Waals surface area contributed by atoms with Crippen LogP contribution in [0.5, 0.6) is 5.75 Å². The number of nitrogens with two attached hydrogens (primary N) is 1. The van der Waals surface area contributed by atoms with E-state index in [1.807, 2.05) is 55.6 Å². The molecule has 0 spiro atoms. The van der Waals surface area contributed by atoms with Gasteiger partial charge in [0.25, 0.3) is 0 Å². The molecule has 10 atom stereocenters. The van der Waals surface area contributed by atoms with Crippen LogP contribution >= 0.6 is 0 Å². The molecule has 0 bridgehead atoms. The minimum absolute atomic E-state index is 0.0518. The van der Waals surface area contributed by atoms with Gasteiger partial charge in [0, 0.05) is 63.8 Å². The molecule has 46 heteroatoms. The monoisotopic (exact) mass is 2050 g/mol. The van der Waals surface area contributed by atoms with E-state index in [2.05, 4.69) is 140 Å². The summed E-state index contributed by atoms with van der Waals surface area (Å²) in [5.41, 5.74) is 9.89. The lowest BCUT2D eigenvalue weighted by atomic mass is 9.90. The minimum atomic E-state index is -2.35. The molecule has 11 amide bonds. The highest BCUT2D eigenvalue weighted by atomic mass is 19.1. The van der Waals surface area contributed by atoms with Gasteiger partial charge in [-0.25, -0.2) is 9.37 Å². The van der Waals surface area contributed by atoms with Crippen LogP contribution in [0.25, 0.3) is 11.1 Å². The van der Waals surface area contributed by atoms with E-state index < -0.39 is 169 Å². The molecule has 0 saturated heterocycles. The molecule has 0 aliphatic heterocycles. The third-order valence-electron chi connectivity index (χ3n) is 22.7. The van der Waals surface area contributed by atoms with Crippen molar-refractivity contribution in [3.8, 4) is 16.9 Å². The molecule has 0 aliphatic rings. The molecule has 7 aromatic rings. The van der Waals surface area contributed by atoms with Crippen LogP contribution in [0.15, 0.2) is 104 Å². The first kappa shape index (κ1) is 122. The largest absolute Gasteiger partial charge is 0.494 e. The van der Waals surface area contributed by atoms with Gasteiger partial charge in [0.05, 0.1) is 150 Å². The topological polar surface area (TPSA) is 629 Å². The number of ether oxygens (including phenoxy) is 9. The number of H-pyrrole nitrogens is 2. The first-order chi connectivity index (χ1) is 69.8. The molecule has 3 heterocycles. The van der Waals surface area contributed by atoms with Crippen molar-refractivity contribution in [2.45, 2.75) is 240 Å². The van der Waals surface area contributed by atoms with Crippen LogP contribution in [0.2, 0.25) is 0 Å². The van der Waals surface area contributed by atoms with Gasteiger partial charge in [0.15, 0.2) is 5.82 Å². The summed E-state index contributed by atoms with van der Waals surface area (Å²) in [6.45, 7) is 26.4. The number of halogens is 1. The molecule has 0 radical (unpaired) electrons. The summed E-state index contributed by atoms with van der Waals surface area (Å²) in [4.78, 5) is 166. The molecule has 0 saturated carbocycles. The van der Waals surface area contributed by atoms with Crippen LogP contribution in [0, 0.1) is 31.0 Å². The van der Waals surface area contributed by atoms with Gasteiger partial charge < -0.3 is 127 Å². The molecule has 7 rings (SSSR count). The fraction of sp³-hybridized carbons (Fsp3) is 0.580. The van der Waals surface area contributed by atoms with Gasteiger partial charge in [-0.2, -0.15) is 5.21 Å². The Bertz CT molecular complexity index is 5110. The predicted octanol–water partition coefficient (Wildman–Crippen LogP) is 1.99. The highest BCUT2D eigenvalue weighted by Crippen LogP contribution is 2.30. The van der Waals surface area contributed by atoms with Crippen LogP contribution in [0.3, 0.4) is 0 Å². The number of aliphatic hydroxyl groups excluding tert-OH is 3. The molecule has 806 valence electrons. The Kier molecular flexibility index (Phi) is 55.4. The zero-order valence-electron chi connectivity index (χ0n) is 85.6. The number of hydrogen-bond acceptors (Lipinski definition) is 30. The number of aliphatic hydroxyl groups is 3. The second-order valence-electron chi connectivity index (χ2n) is 36.4. The Morgan fingerprint density at radius 1 is 0.562 bits per heavy atom. The van der Waals surface area contributed by atoms with E-state index in [4.69, 9.17) is 48.4 Å². The summed E-state index contributed by atoms with van der Waals surface area (Å²) in [6, 6.07) is 14.6. The van der Waals surface area contributed by atoms with Crippen LogP contribution in [0.4, 0.5) is 4.39 Å². The number of aliphatic carboxylic acids is 1. The Morgan fingerprint density at radius 2 is 1.16 bits per heavy atom. The maximum atomic E-state index is 15.4. The van der Waals surface area contributed by atoms with Crippen molar-refractivity contribution in [3.05, 3.63) is 160 Å². The van der Waals surface area contributed by atoms with E-state index >= 15 is 4.39 Å². The number of aromatic amines is 2. The van der Waals surface area contributed by atoms with Gasteiger partial charge in [-0.05, 0) is 171 Å². The van der Waals surface area contributed by atoms with Crippen molar-refractivity contribution in [2.75, 3.05) is 125 Å². The van der Waals surface area contributed by atoms with Gasteiger partial charge >= 0.3 is 5.97 Å². The number of benzene rings is 4. The van der Waals surface area contributed by atoms with Crippen molar-refractivity contribution < 1.29 is 125 Å². The number of amides is 11. The Hall–Kier alpha value is -12.8. The Morgan fingerprint density at radius 3 is 1.73 bits per heavy atom. The maximum absolute atomic E-state index is 15.4. The summed E-state index contributed by atoms with van der Waals surface area (Å²) < 4.78 is 68.0. The van der Waals surface area contributed by atoms with Crippen molar-refractivity contribution >= 4 is 70.9 Å². The van der Waals surface area contributed by atoms with Crippen LogP contribution in [-0.2, 0) is 147 Å². The SMILES string of the molecule is CC(=O)NC(CCCc1cc(C)cc(C)c1)C(N)=O.CCc1cc(OCCCCn2cc(COCCOCCOCCOCCOCCOCCOCCOCCCC(C)C)nn2)ccc1-c1ccc(CC(C)NC(=O)C(CC(=O)O)NC(=O)C(CO)NC(=O)C(NC(=O)C(C)(Cc2ccccc2F)NC(=O)C(NC(=O)CNC(=O)C(Cc2nn[nH]n2)NC(=O)C(C)(C)C(=O)NCCc2cnc[nH]2)C(C)O)C(C)O)cc1. The summed E-state index contributed by atoms with van der Waals surface area (Å²) >= 11 is 0. The highest BCUT2D eigenvalue weighted by Gasteiger charge is 2.44. The second-order valence-corrected chi connectivity index (χ2v) is 36.4. The van der Waals surface area contributed by atoms with Gasteiger partial charge in [-0.15, -0.1) is 15.3 Å². The number of carboxylic acids is 1. The van der Waals surface area contributed by atoms with E-state index in [0.717, 1.165) is 99.2 Å². The summed E-state index contributed by atoms with van der Waals surface area (Å²) in [7, 11) is 0. The van der Waals surface area contributed by atoms with Crippen molar-refractivity contribution in [1.29, 1.82) is 0 Å². The number of carbonyl (C=O) groups excluding carboxylic acids is 11. The first-order valence-electron chi connectivity index (χ1n) is 49.1. The zero-order chi connectivity index (χ0) is 107. The van der Waals surface area contributed by atoms with Crippen molar-refractivity contribution in [3.63, 3.8) is 0 Å². The van der Waals surface area contributed by atoms with E-state index in [1.165, 1.54) is 68.4 Å². The molecule has 45 nitrogen and oxygen atoms in total. The van der Waals surface area contributed by atoms with Crippen LogP contribution in [0.1, 0.15) is 165 Å². The number of unbranched alkanes of at least 4 members (excludes halogenated alkanes) is 1. The quantitative estimate of drug-likeness (QED) is 0.0191. The van der Waals surface area contributed by atoms with Gasteiger partial charge in [0.1, 0.15) is 64.5 Å². The fourth-order valence-corrected chi connectivity index (χ4v) is 14.8.